The van der Waals surface area contributed by atoms with Crippen molar-refractivity contribution in [2.24, 2.45) is 0 Å². The Balaban J connectivity index is 1.99. The number of fused-ring (bicyclic) bond motifs is 1. The number of aryl methyl sites for hydroxylation is 1. The molecule has 0 radical (unpaired) electrons. The van der Waals surface area contributed by atoms with Gasteiger partial charge in [-0.15, -0.1) is 0 Å². The van der Waals surface area contributed by atoms with Crippen molar-refractivity contribution < 1.29 is 4.21 Å². The van der Waals surface area contributed by atoms with Gasteiger partial charge in [0.1, 0.15) is 0 Å². The largest absolute Gasteiger partial charge is 0.366 e. The maximum absolute atomic E-state index is 12.8. The smallest absolute Gasteiger partial charge is 0.0574 e. The Morgan fingerprint density at radius 1 is 1.20 bits per heavy atom. The van der Waals surface area contributed by atoms with Crippen molar-refractivity contribution in [2.45, 2.75) is 63.1 Å². The highest BCUT2D eigenvalue weighted by Gasteiger charge is 2.35. The lowest BCUT2D eigenvalue weighted by Gasteiger charge is -2.47. The number of hydrogen-bond acceptors (Lipinski definition) is 2. The van der Waals surface area contributed by atoms with Crippen LogP contribution in [-0.4, -0.2) is 16.3 Å². The number of benzene rings is 2. The average Bonchev–Trinajstić information content (AvgIpc) is 2.57. The van der Waals surface area contributed by atoms with Crippen LogP contribution in [0.4, 0.5) is 5.69 Å². The van der Waals surface area contributed by atoms with E-state index in [1.807, 2.05) is 30.3 Å². The minimum Gasteiger partial charge on any atom is -0.366 e. The molecule has 0 fully saturated rings. The second-order valence-corrected chi connectivity index (χ2v) is 9.25. The lowest BCUT2D eigenvalue weighted by molar-refractivity contribution is 0.381. The summed E-state index contributed by atoms with van der Waals surface area (Å²) in [5.74, 6) is 1.13. The summed E-state index contributed by atoms with van der Waals surface area (Å²) >= 11 is 0. The van der Waals surface area contributed by atoms with E-state index in [4.69, 9.17) is 0 Å². The number of anilines is 1. The number of rotatable bonds is 4. The van der Waals surface area contributed by atoms with Gasteiger partial charge in [0.2, 0.25) is 0 Å². The molecule has 0 aromatic heterocycles. The Bertz CT molecular complexity index is 782. The first-order valence-electron chi connectivity index (χ1n) is 9.18. The van der Waals surface area contributed by atoms with E-state index < -0.39 is 10.8 Å². The summed E-state index contributed by atoms with van der Waals surface area (Å²) in [7, 11) is -1.01. The van der Waals surface area contributed by atoms with Crippen molar-refractivity contribution in [3.8, 4) is 0 Å². The molecule has 0 saturated heterocycles. The van der Waals surface area contributed by atoms with Gasteiger partial charge in [0.25, 0.3) is 0 Å². The summed E-state index contributed by atoms with van der Waals surface area (Å²) in [6.45, 7) is 12.4. The van der Waals surface area contributed by atoms with Crippen LogP contribution >= 0.6 is 0 Å². The predicted molar refractivity (Wildman–Crippen MR) is 108 cm³/mol. The van der Waals surface area contributed by atoms with Crippen molar-refractivity contribution in [3.63, 3.8) is 0 Å². The van der Waals surface area contributed by atoms with E-state index in [0.717, 1.165) is 11.4 Å². The second kappa shape index (κ2) is 6.95. The van der Waals surface area contributed by atoms with Gasteiger partial charge in [-0.2, -0.15) is 0 Å². The SMILES string of the molecule is CCN1c2cc(CS(=O)c3ccccc3)c(C)cc2C(C)CC1(C)C. The van der Waals surface area contributed by atoms with Crippen LogP contribution in [0.15, 0.2) is 47.4 Å². The van der Waals surface area contributed by atoms with E-state index >= 15 is 0 Å². The highest BCUT2D eigenvalue weighted by molar-refractivity contribution is 7.84. The molecule has 2 aromatic carbocycles. The van der Waals surface area contributed by atoms with Gasteiger partial charge >= 0.3 is 0 Å². The Morgan fingerprint density at radius 2 is 1.88 bits per heavy atom. The molecule has 0 aliphatic carbocycles. The zero-order valence-electron chi connectivity index (χ0n) is 16.0. The first kappa shape index (κ1) is 18.2. The molecular formula is C22H29NOS. The molecule has 25 heavy (non-hydrogen) atoms. The topological polar surface area (TPSA) is 20.3 Å². The molecule has 3 heteroatoms. The molecule has 0 amide bonds. The number of hydrogen-bond donors (Lipinski definition) is 0. The lowest BCUT2D eigenvalue weighted by Crippen LogP contribution is -2.48. The summed E-state index contributed by atoms with van der Waals surface area (Å²) in [6.07, 6.45) is 1.17. The van der Waals surface area contributed by atoms with Crippen LogP contribution in [0.1, 0.15) is 56.7 Å². The van der Waals surface area contributed by atoms with Crippen molar-refractivity contribution >= 4 is 16.5 Å². The number of nitrogens with zero attached hydrogens (tertiary/aromatic N) is 1. The first-order valence-corrected chi connectivity index (χ1v) is 10.5. The molecule has 2 aromatic rings. The Morgan fingerprint density at radius 3 is 2.52 bits per heavy atom. The van der Waals surface area contributed by atoms with Crippen molar-refractivity contribution in [1.82, 2.24) is 0 Å². The standard InChI is InChI=1S/C22H29NOS/c1-6-23-21-13-18(15-25(24)19-10-8-7-9-11-19)16(2)12-20(21)17(3)14-22(23,4)5/h7-13,17H,6,14-15H2,1-5H3. The highest BCUT2D eigenvalue weighted by atomic mass is 32.2. The van der Waals surface area contributed by atoms with Gasteiger partial charge in [-0.3, -0.25) is 4.21 Å². The minimum atomic E-state index is -1.01. The molecule has 0 bridgehead atoms. The molecular weight excluding hydrogens is 326 g/mol. The molecule has 134 valence electrons. The highest BCUT2D eigenvalue weighted by Crippen LogP contribution is 2.44. The fraction of sp³-hybridized carbons (Fsp3) is 0.455. The lowest BCUT2D eigenvalue weighted by atomic mass is 9.79. The molecule has 1 heterocycles. The van der Waals surface area contributed by atoms with E-state index in [-0.39, 0.29) is 5.54 Å². The van der Waals surface area contributed by atoms with Crippen LogP contribution in [-0.2, 0) is 16.6 Å². The van der Waals surface area contributed by atoms with E-state index in [1.165, 1.54) is 28.8 Å². The summed E-state index contributed by atoms with van der Waals surface area (Å²) in [4.78, 5) is 3.41. The maximum atomic E-state index is 12.8. The fourth-order valence-corrected chi connectivity index (χ4v) is 5.46. The summed E-state index contributed by atoms with van der Waals surface area (Å²) in [5.41, 5.74) is 5.38. The molecule has 1 aliphatic rings. The predicted octanol–water partition coefficient (Wildman–Crippen LogP) is 5.41. The Labute approximate surface area is 154 Å². The van der Waals surface area contributed by atoms with Gasteiger partial charge < -0.3 is 4.90 Å². The molecule has 2 unspecified atom stereocenters. The van der Waals surface area contributed by atoms with E-state index in [0.29, 0.717) is 11.7 Å². The zero-order chi connectivity index (χ0) is 18.2. The van der Waals surface area contributed by atoms with Crippen LogP contribution in [0.25, 0.3) is 0 Å². The quantitative estimate of drug-likeness (QED) is 0.730. The third kappa shape index (κ3) is 3.52. The Hall–Kier alpha value is -1.61. The first-order chi connectivity index (χ1) is 11.8. The maximum Gasteiger partial charge on any atom is 0.0574 e. The van der Waals surface area contributed by atoms with Crippen LogP contribution in [0.3, 0.4) is 0 Å². The summed E-state index contributed by atoms with van der Waals surface area (Å²) < 4.78 is 12.8. The average molecular weight is 356 g/mol. The third-order valence-electron chi connectivity index (χ3n) is 5.45. The van der Waals surface area contributed by atoms with Gasteiger partial charge in [-0.05, 0) is 74.9 Å². The van der Waals surface area contributed by atoms with Crippen LogP contribution in [0.5, 0.6) is 0 Å². The normalized spacial score (nSPS) is 20.2. The molecule has 0 N–H and O–H groups in total. The van der Waals surface area contributed by atoms with E-state index in [2.05, 4.69) is 51.7 Å². The third-order valence-corrected chi connectivity index (χ3v) is 6.82. The molecule has 2 nitrogen and oxygen atoms in total. The molecule has 0 saturated carbocycles. The van der Waals surface area contributed by atoms with Crippen LogP contribution < -0.4 is 4.90 Å². The van der Waals surface area contributed by atoms with Gasteiger partial charge in [0, 0.05) is 22.7 Å². The molecule has 1 aliphatic heterocycles. The molecule has 3 rings (SSSR count). The fourth-order valence-electron chi connectivity index (χ4n) is 4.24. The van der Waals surface area contributed by atoms with Gasteiger partial charge in [-0.1, -0.05) is 31.2 Å². The van der Waals surface area contributed by atoms with Crippen molar-refractivity contribution in [3.05, 3.63) is 59.2 Å². The van der Waals surface area contributed by atoms with Crippen LogP contribution in [0.2, 0.25) is 0 Å². The monoisotopic (exact) mass is 355 g/mol. The summed E-state index contributed by atoms with van der Waals surface area (Å²) in [6, 6.07) is 14.4. The zero-order valence-corrected chi connectivity index (χ0v) is 16.8. The summed E-state index contributed by atoms with van der Waals surface area (Å²) in [5, 5.41) is 0. The van der Waals surface area contributed by atoms with E-state index in [1.54, 1.807) is 0 Å². The van der Waals surface area contributed by atoms with Crippen molar-refractivity contribution in [1.29, 1.82) is 0 Å². The van der Waals surface area contributed by atoms with Crippen LogP contribution in [0, 0.1) is 6.92 Å². The van der Waals surface area contributed by atoms with E-state index in [9.17, 15) is 4.21 Å². The minimum absolute atomic E-state index is 0.159. The van der Waals surface area contributed by atoms with Crippen molar-refractivity contribution in [2.75, 3.05) is 11.4 Å². The van der Waals surface area contributed by atoms with Gasteiger partial charge in [0.15, 0.2) is 0 Å². The second-order valence-electron chi connectivity index (χ2n) is 7.80. The van der Waals surface area contributed by atoms with Gasteiger partial charge in [0.05, 0.1) is 16.6 Å². The van der Waals surface area contributed by atoms with Gasteiger partial charge in [-0.25, -0.2) is 0 Å². The molecule has 2 atom stereocenters. The Kier molecular flexibility index (Phi) is 5.06. The molecule has 0 spiro atoms.